The van der Waals surface area contributed by atoms with E-state index in [-0.39, 0.29) is 12.3 Å². The summed E-state index contributed by atoms with van der Waals surface area (Å²) in [5.41, 5.74) is 2.72. The zero-order valence-electron chi connectivity index (χ0n) is 37.3. The molecule has 0 saturated carbocycles. The van der Waals surface area contributed by atoms with E-state index in [0.29, 0.717) is 154 Å². The van der Waals surface area contributed by atoms with Gasteiger partial charge >= 0.3 is 6.09 Å². The van der Waals surface area contributed by atoms with E-state index in [4.69, 9.17) is 59.2 Å². The van der Waals surface area contributed by atoms with Gasteiger partial charge in [-0.1, -0.05) is 23.7 Å². The first-order chi connectivity index (χ1) is 30.5. The Morgan fingerprint density at radius 3 is 1.70 bits per heavy atom. The normalized spacial score (nSPS) is 13.6. The van der Waals surface area contributed by atoms with Crippen LogP contribution in [0.1, 0.15) is 62.9 Å². The number of amides is 2. The van der Waals surface area contributed by atoms with Gasteiger partial charge in [-0.05, 0) is 65.0 Å². The Kier molecular flexibility index (Phi) is 23.3. The van der Waals surface area contributed by atoms with Crippen molar-refractivity contribution in [2.75, 3.05) is 125 Å². The molecule has 0 aliphatic carbocycles. The van der Waals surface area contributed by atoms with E-state index in [1.165, 1.54) is 4.90 Å². The molecule has 1 aromatic heterocycles. The second-order valence-corrected chi connectivity index (χ2v) is 15.6. The van der Waals surface area contributed by atoms with Crippen molar-refractivity contribution in [3.05, 3.63) is 70.3 Å². The van der Waals surface area contributed by atoms with E-state index in [1.54, 1.807) is 0 Å². The quantitative estimate of drug-likeness (QED) is 0.0800. The lowest BCUT2D eigenvalue weighted by Crippen LogP contribution is -2.46. The van der Waals surface area contributed by atoms with E-state index >= 15 is 0 Å². The molecule has 0 radical (unpaired) electrons. The Labute approximate surface area is 375 Å². The summed E-state index contributed by atoms with van der Waals surface area (Å²) in [5, 5.41) is 21.5. The fraction of sp³-hybridized carbons (Fsp3) is 0.614. The zero-order chi connectivity index (χ0) is 45.3. The lowest BCUT2D eigenvalue weighted by atomic mass is 10.00. The topological polar surface area (TPSA) is 196 Å². The SMILES string of the molecule is CCNC(=O)C[C@@H]1N=C(c2ccc(Cl)cc2)c2cc(OCCOCCOCCOCCOCCOCCOCCOCCOCCN(C(=O)O)C(C)(C)C)ccc2-n2c(C)nnc21. The van der Waals surface area contributed by atoms with Crippen LogP contribution < -0.4 is 10.1 Å². The van der Waals surface area contributed by atoms with Crippen molar-refractivity contribution in [2.24, 2.45) is 4.99 Å². The number of aliphatic imine (C=N–C) groups is 1. The summed E-state index contributed by atoms with van der Waals surface area (Å²) in [6, 6.07) is 12.7. The molecule has 4 rings (SSSR count). The molecule has 0 saturated heterocycles. The number of benzene rings is 2. The number of aryl methyl sites for hydroxylation is 1. The summed E-state index contributed by atoms with van der Waals surface area (Å²) in [4.78, 5) is 30.5. The highest BCUT2D eigenvalue weighted by molar-refractivity contribution is 6.30. The number of fused-ring (bicyclic) bond motifs is 3. The van der Waals surface area contributed by atoms with Crippen molar-refractivity contribution in [1.29, 1.82) is 0 Å². The maximum atomic E-state index is 12.7. The molecule has 0 spiro atoms. The highest BCUT2D eigenvalue weighted by Gasteiger charge is 2.30. The summed E-state index contributed by atoms with van der Waals surface area (Å²) in [6.45, 7) is 17.3. The second kappa shape index (κ2) is 28.5. The Bertz CT molecular complexity index is 1820. The first kappa shape index (κ1) is 51.4. The summed E-state index contributed by atoms with van der Waals surface area (Å²) in [7, 11) is 0. The fourth-order valence-corrected chi connectivity index (χ4v) is 6.44. The summed E-state index contributed by atoms with van der Waals surface area (Å²) < 4.78 is 52.4. The lowest BCUT2D eigenvalue weighted by molar-refractivity contribution is -0.121. The van der Waals surface area contributed by atoms with Crippen LogP contribution in [0.3, 0.4) is 0 Å². The number of rotatable bonds is 32. The van der Waals surface area contributed by atoms with Crippen molar-refractivity contribution in [1.82, 2.24) is 25.0 Å². The molecular formula is C44H65ClN6O12. The molecule has 2 aromatic carbocycles. The molecule has 350 valence electrons. The third-order valence-corrected chi connectivity index (χ3v) is 9.62. The molecule has 2 N–H and O–H groups in total. The van der Waals surface area contributed by atoms with E-state index in [0.717, 1.165) is 16.8 Å². The van der Waals surface area contributed by atoms with Crippen LogP contribution in [0.4, 0.5) is 4.79 Å². The van der Waals surface area contributed by atoms with E-state index in [9.17, 15) is 14.7 Å². The molecular weight excluding hydrogens is 840 g/mol. The van der Waals surface area contributed by atoms with Gasteiger partial charge in [-0.3, -0.25) is 14.4 Å². The van der Waals surface area contributed by atoms with Gasteiger partial charge in [0.2, 0.25) is 5.91 Å². The number of hydrogen-bond acceptors (Lipinski definition) is 14. The molecule has 18 nitrogen and oxygen atoms in total. The molecule has 0 bridgehead atoms. The van der Waals surface area contributed by atoms with Crippen LogP contribution >= 0.6 is 11.6 Å². The minimum Gasteiger partial charge on any atom is -0.491 e. The lowest BCUT2D eigenvalue weighted by Gasteiger charge is -2.32. The van der Waals surface area contributed by atoms with Gasteiger partial charge in [-0.25, -0.2) is 4.79 Å². The summed E-state index contributed by atoms with van der Waals surface area (Å²) >= 11 is 6.23. The highest BCUT2D eigenvalue weighted by atomic mass is 35.5. The van der Waals surface area contributed by atoms with E-state index in [1.807, 2.05) is 81.7 Å². The number of halogens is 1. The molecule has 63 heavy (non-hydrogen) atoms. The second-order valence-electron chi connectivity index (χ2n) is 15.1. The van der Waals surface area contributed by atoms with E-state index in [2.05, 4.69) is 15.5 Å². The van der Waals surface area contributed by atoms with Crippen molar-refractivity contribution >= 4 is 29.3 Å². The van der Waals surface area contributed by atoms with E-state index < -0.39 is 17.7 Å². The smallest absolute Gasteiger partial charge is 0.407 e. The van der Waals surface area contributed by atoms with Crippen LogP contribution in [0.2, 0.25) is 5.02 Å². The average Bonchev–Trinajstić information content (AvgIpc) is 3.57. The minimum absolute atomic E-state index is 0.121. The minimum atomic E-state index is -0.960. The summed E-state index contributed by atoms with van der Waals surface area (Å²) in [5.74, 6) is 1.80. The third-order valence-electron chi connectivity index (χ3n) is 9.37. The summed E-state index contributed by atoms with van der Waals surface area (Å²) in [6.07, 6.45) is -0.837. The number of ether oxygens (including phenoxy) is 9. The molecule has 0 unspecified atom stereocenters. The zero-order valence-corrected chi connectivity index (χ0v) is 38.1. The van der Waals surface area contributed by atoms with Crippen LogP contribution in [0.15, 0.2) is 47.5 Å². The Morgan fingerprint density at radius 1 is 0.730 bits per heavy atom. The molecule has 2 amide bonds. The predicted molar refractivity (Wildman–Crippen MR) is 236 cm³/mol. The molecule has 19 heteroatoms. The van der Waals surface area contributed by atoms with Crippen molar-refractivity contribution in [3.8, 4) is 11.4 Å². The Balaban J connectivity index is 0.993. The standard InChI is InChI=1S/C44H65ClN6O12/c1-6-46-40(52)32-38-42-49-48-33(2)51(42)39-12-11-36(31-37(39)41(47-38)34-7-9-35(45)10-8-34)63-30-29-62-28-27-61-26-25-60-24-23-59-22-21-58-20-19-57-18-17-56-16-15-55-14-13-50(43(53)54)44(3,4)5/h7-12,31,38H,6,13-30,32H2,1-5H3,(H,46,52)(H,53,54)/t38-/m0/s1. The predicted octanol–water partition coefficient (Wildman–Crippen LogP) is 4.94. The maximum absolute atomic E-state index is 12.7. The number of carbonyl (C=O) groups is 2. The molecule has 3 aromatic rings. The van der Waals surface area contributed by atoms with Crippen molar-refractivity contribution in [2.45, 2.75) is 52.6 Å². The number of carbonyl (C=O) groups excluding carboxylic acids is 1. The third kappa shape index (κ3) is 18.4. The van der Waals surface area contributed by atoms with Gasteiger partial charge in [0.25, 0.3) is 0 Å². The maximum Gasteiger partial charge on any atom is 0.407 e. The largest absolute Gasteiger partial charge is 0.491 e. The Hall–Kier alpha value is -4.24. The molecule has 1 aliphatic rings. The van der Waals surface area contributed by atoms with Gasteiger partial charge in [-0.15, -0.1) is 10.2 Å². The van der Waals surface area contributed by atoms with Crippen LogP contribution in [0, 0.1) is 6.92 Å². The molecule has 0 fully saturated rings. The molecule has 1 aliphatic heterocycles. The molecule has 2 heterocycles. The van der Waals surface area contributed by atoms with Gasteiger partial charge in [0.15, 0.2) is 5.82 Å². The molecule has 1 atom stereocenters. The highest BCUT2D eigenvalue weighted by Crippen LogP contribution is 2.34. The number of nitrogens with zero attached hydrogens (tertiary/aromatic N) is 5. The van der Waals surface area contributed by atoms with Crippen LogP contribution in [0.25, 0.3) is 5.69 Å². The average molecular weight is 905 g/mol. The van der Waals surface area contributed by atoms with Gasteiger partial charge in [0.1, 0.15) is 24.2 Å². The number of aromatic nitrogens is 3. The number of carboxylic acid groups (broad SMARTS) is 1. The van der Waals surface area contributed by atoms with Crippen LogP contribution in [0.5, 0.6) is 5.75 Å². The van der Waals surface area contributed by atoms with Crippen molar-refractivity contribution < 1.29 is 57.3 Å². The fourth-order valence-electron chi connectivity index (χ4n) is 6.32. The van der Waals surface area contributed by atoms with Crippen LogP contribution in [-0.4, -0.2) is 173 Å². The number of hydrogen-bond donors (Lipinski definition) is 2. The first-order valence-electron chi connectivity index (χ1n) is 21.4. The number of nitrogens with one attached hydrogen (secondary N) is 1. The monoisotopic (exact) mass is 904 g/mol. The van der Waals surface area contributed by atoms with Gasteiger partial charge in [-0.2, -0.15) is 0 Å². The van der Waals surface area contributed by atoms with Crippen LogP contribution in [-0.2, 0) is 42.7 Å². The van der Waals surface area contributed by atoms with Gasteiger partial charge in [0.05, 0.1) is 124 Å². The van der Waals surface area contributed by atoms with Gasteiger partial charge in [0, 0.05) is 34.8 Å². The van der Waals surface area contributed by atoms with Gasteiger partial charge < -0.3 is 58.0 Å². The Morgan fingerprint density at radius 2 is 1.22 bits per heavy atom. The first-order valence-corrected chi connectivity index (χ1v) is 21.8. The van der Waals surface area contributed by atoms with Crippen molar-refractivity contribution in [3.63, 3.8) is 0 Å².